The normalized spacial score (nSPS) is 15.3. The summed E-state index contributed by atoms with van der Waals surface area (Å²) in [5.41, 5.74) is 2.24. The lowest BCUT2D eigenvalue weighted by molar-refractivity contribution is -0.117. The summed E-state index contributed by atoms with van der Waals surface area (Å²) < 4.78 is 0. The molecule has 2 N–H and O–H groups in total. The molecule has 0 radical (unpaired) electrons. The molecule has 0 heterocycles. The van der Waals surface area contributed by atoms with Gasteiger partial charge in [0.05, 0.1) is 0 Å². The van der Waals surface area contributed by atoms with Crippen molar-refractivity contribution in [2.24, 2.45) is 11.3 Å². The number of amides is 1. The number of carbonyl (C=O) groups is 1. The van der Waals surface area contributed by atoms with Gasteiger partial charge in [0.1, 0.15) is 0 Å². The standard InChI is InChI=1S/C15H22N2O/c1-15(2,3)10-16-12-6-8-13(9-7-12)17-14(18)11-4-5-11/h6-9,11,16H,4-5,10H2,1-3H3,(H,17,18). The Morgan fingerprint density at radius 1 is 1.17 bits per heavy atom. The van der Waals surface area contributed by atoms with Crippen LogP contribution in [0.3, 0.4) is 0 Å². The molecular weight excluding hydrogens is 224 g/mol. The highest BCUT2D eigenvalue weighted by Crippen LogP contribution is 2.30. The Hall–Kier alpha value is -1.51. The molecular formula is C15H22N2O. The molecule has 3 nitrogen and oxygen atoms in total. The van der Waals surface area contributed by atoms with Crippen LogP contribution in [-0.4, -0.2) is 12.5 Å². The molecule has 0 aromatic heterocycles. The molecule has 0 bridgehead atoms. The summed E-state index contributed by atoms with van der Waals surface area (Å²) >= 11 is 0. The van der Waals surface area contributed by atoms with E-state index in [0.29, 0.717) is 0 Å². The maximum Gasteiger partial charge on any atom is 0.227 e. The predicted molar refractivity (Wildman–Crippen MR) is 75.7 cm³/mol. The average molecular weight is 246 g/mol. The van der Waals surface area contributed by atoms with E-state index in [4.69, 9.17) is 0 Å². The van der Waals surface area contributed by atoms with Crippen molar-refractivity contribution in [2.75, 3.05) is 17.2 Å². The van der Waals surface area contributed by atoms with Crippen molar-refractivity contribution in [1.82, 2.24) is 0 Å². The van der Waals surface area contributed by atoms with Gasteiger partial charge in [-0.05, 0) is 42.5 Å². The first-order valence-corrected chi connectivity index (χ1v) is 6.59. The lowest BCUT2D eigenvalue weighted by Crippen LogP contribution is -2.19. The number of hydrogen-bond acceptors (Lipinski definition) is 2. The molecule has 1 aliphatic rings. The van der Waals surface area contributed by atoms with Crippen LogP contribution in [0.15, 0.2) is 24.3 Å². The molecule has 1 aromatic rings. The van der Waals surface area contributed by atoms with E-state index >= 15 is 0 Å². The fourth-order valence-corrected chi connectivity index (χ4v) is 1.63. The number of benzene rings is 1. The van der Waals surface area contributed by atoms with Gasteiger partial charge in [-0.2, -0.15) is 0 Å². The Balaban J connectivity index is 1.86. The molecule has 0 aliphatic heterocycles. The molecule has 98 valence electrons. The molecule has 18 heavy (non-hydrogen) atoms. The van der Waals surface area contributed by atoms with Crippen LogP contribution in [0.5, 0.6) is 0 Å². The van der Waals surface area contributed by atoms with Gasteiger partial charge in [-0.15, -0.1) is 0 Å². The van der Waals surface area contributed by atoms with Crippen molar-refractivity contribution in [3.8, 4) is 0 Å². The van der Waals surface area contributed by atoms with Gasteiger partial charge in [0.15, 0.2) is 0 Å². The molecule has 0 spiro atoms. The quantitative estimate of drug-likeness (QED) is 0.853. The Morgan fingerprint density at radius 3 is 2.22 bits per heavy atom. The van der Waals surface area contributed by atoms with Crippen molar-refractivity contribution in [2.45, 2.75) is 33.6 Å². The van der Waals surface area contributed by atoms with Crippen LogP contribution >= 0.6 is 0 Å². The zero-order chi connectivity index (χ0) is 13.2. The Bertz CT molecular complexity index is 413. The van der Waals surface area contributed by atoms with E-state index in [0.717, 1.165) is 30.8 Å². The van der Waals surface area contributed by atoms with E-state index in [2.05, 4.69) is 31.4 Å². The number of anilines is 2. The Kier molecular flexibility index (Phi) is 3.60. The summed E-state index contributed by atoms with van der Waals surface area (Å²) in [6.07, 6.45) is 2.08. The van der Waals surface area contributed by atoms with E-state index in [1.165, 1.54) is 0 Å². The van der Waals surface area contributed by atoms with Gasteiger partial charge in [-0.25, -0.2) is 0 Å². The van der Waals surface area contributed by atoms with E-state index in [1.807, 2.05) is 24.3 Å². The fraction of sp³-hybridized carbons (Fsp3) is 0.533. The molecule has 0 unspecified atom stereocenters. The van der Waals surface area contributed by atoms with Gasteiger partial charge in [-0.3, -0.25) is 4.79 Å². The molecule has 1 amide bonds. The number of nitrogens with one attached hydrogen (secondary N) is 2. The minimum Gasteiger partial charge on any atom is -0.385 e. The highest BCUT2D eigenvalue weighted by Gasteiger charge is 2.29. The van der Waals surface area contributed by atoms with Crippen molar-refractivity contribution in [3.05, 3.63) is 24.3 Å². The maximum atomic E-state index is 11.6. The summed E-state index contributed by atoms with van der Waals surface area (Å²) in [6, 6.07) is 7.92. The van der Waals surface area contributed by atoms with Crippen molar-refractivity contribution in [3.63, 3.8) is 0 Å². The zero-order valence-corrected chi connectivity index (χ0v) is 11.4. The second-order valence-electron chi connectivity index (χ2n) is 6.26. The molecule has 3 heteroatoms. The molecule has 0 saturated heterocycles. The van der Waals surface area contributed by atoms with E-state index in [-0.39, 0.29) is 17.2 Å². The molecule has 1 saturated carbocycles. The third-order valence-electron chi connectivity index (χ3n) is 2.92. The van der Waals surface area contributed by atoms with E-state index in [9.17, 15) is 4.79 Å². The minimum atomic E-state index is 0.158. The van der Waals surface area contributed by atoms with Gasteiger partial charge in [0.25, 0.3) is 0 Å². The number of hydrogen-bond donors (Lipinski definition) is 2. The monoisotopic (exact) mass is 246 g/mol. The van der Waals surface area contributed by atoms with Crippen LogP contribution in [-0.2, 0) is 4.79 Å². The van der Waals surface area contributed by atoms with E-state index < -0.39 is 0 Å². The predicted octanol–water partition coefficient (Wildman–Crippen LogP) is 3.49. The molecule has 1 aliphatic carbocycles. The first kappa shape index (κ1) is 12.9. The van der Waals surface area contributed by atoms with Crippen LogP contribution in [0.25, 0.3) is 0 Å². The first-order valence-electron chi connectivity index (χ1n) is 6.59. The summed E-state index contributed by atoms with van der Waals surface area (Å²) in [5, 5.41) is 6.32. The van der Waals surface area contributed by atoms with Crippen LogP contribution in [0, 0.1) is 11.3 Å². The highest BCUT2D eigenvalue weighted by molar-refractivity contribution is 5.94. The second kappa shape index (κ2) is 5.01. The topological polar surface area (TPSA) is 41.1 Å². The minimum absolute atomic E-state index is 0.158. The Labute approximate surface area is 109 Å². The van der Waals surface area contributed by atoms with Gasteiger partial charge < -0.3 is 10.6 Å². The maximum absolute atomic E-state index is 11.6. The number of rotatable bonds is 4. The number of carbonyl (C=O) groups excluding carboxylic acids is 1. The molecule has 1 aromatic carbocycles. The van der Waals surface area contributed by atoms with Crippen molar-refractivity contribution < 1.29 is 4.79 Å². The van der Waals surface area contributed by atoms with E-state index in [1.54, 1.807) is 0 Å². The van der Waals surface area contributed by atoms with Gasteiger partial charge in [0.2, 0.25) is 5.91 Å². The van der Waals surface area contributed by atoms with Gasteiger partial charge in [0, 0.05) is 23.8 Å². The zero-order valence-electron chi connectivity index (χ0n) is 11.4. The summed E-state index contributed by atoms with van der Waals surface area (Å²) in [5.74, 6) is 0.411. The molecule has 0 atom stereocenters. The fourth-order valence-electron chi connectivity index (χ4n) is 1.63. The smallest absolute Gasteiger partial charge is 0.227 e. The first-order chi connectivity index (χ1) is 8.44. The summed E-state index contributed by atoms with van der Waals surface area (Å²) in [6.45, 7) is 7.53. The van der Waals surface area contributed by atoms with Crippen LogP contribution in [0.2, 0.25) is 0 Å². The van der Waals surface area contributed by atoms with Gasteiger partial charge >= 0.3 is 0 Å². The van der Waals surface area contributed by atoms with Crippen molar-refractivity contribution in [1.29, 1.82) is 0 Å². The lowest BCUT2D eigenvalue weighted by Gasteiger charge is -2.19. The average Bonchev–Trinajstić information content (AvgIpc) is 3.11. The molecule has 2 rings (SSSR count). The Morgan fingerprint density at radius 2 is 1.72 bits per heavy atom. The largest absolute Gasteiger partial charge is 0.385 e. The molecule has 1 fully saturated rings. The highest BCUT2D eigenvalue weighted by atomic mass is 16.2. The van der Waals surface area contributed by atoms with Crippen molar-refractivity contribution >= 4 is 17.3 Å². The summed E-state index contributed by atoms with van der Waals surface area (Å²) in [7, 11) is 0. The second-order valence-corrected chi connectivity index (χ2v) is 6.26. The lowest BCUT2D eigenvalue weighted by atomic mass is 9.97. The SMILES string of the molecule is CC(C)(C)CNc1ccc(NC(=O)C2CC2)cc1. The third-order valence-corrected chi connectivity index (χ3v) is 2.92. The third kappa shape index (κ3) is 4.06. The van der Waals surface area contributed by atoms with Crippen LogP contribution < -0.4 is 10.6 Å². The van der Waals surface area contributed by atoms with Gasteiger partial charge in [-0.1, -0.05) is 20.8 Å². The van der Waals surface area contributed by atoms with Crippen LogP contribution in [0.4, 0.5) is 11.4 Å². The van der Waals surface area contributed by atoms with Crippen LogP contribution in [0.1, 0.15) is 33.6 Å². The summed E-state index contributed by atoms with van der Waals surface area (Å²) in [4.78, 5) is 11.6.